The zero-order valence-electron chi connectivity index (χ0n) is 7.72. The fraction of sp³-hybridized carbons (Fsp3) is 0.556. The molecule has 5 heteroatoms. The van der Waals surface area contributed by atoms with Crippen LogP contribution in [0, 0.1) is 0 Å². The Morgan fingerprint density at radius 1 is 1.64 bits per heavy atom. The summed E-state index contributed by atoms with van der Waals surface area (Å²) < 4.78 is 0. The van der Waals surface area contributed by atoms with Gasteiger partial charge in [0.05, 0.1) is 5.69 Å². The lowest BCUT2D eigenvalue weighted by atomic mass is 10.1. The molecule has 76 valence electrons. The van der Waals surface area contributed by atoms with Crippen molar-refractivity contribution >= 4 is 11.6 Å². The average molecular weight is 214 g/mol. The van der Waals surface area contributed by atoms with Crippen molar-refractivity contribution < 1.29 is 0 Å². The third-order valence-electron chi connectivity index (χ3n) is 2.43. The first kappa shape index (κ1) is 9.68. The van der Waals surface area contributed by atoms with Gasteiger partial charge in [-0.2, -0.15) is 5.10 Å². The number of rotatable bonds is 2. The van der Waals surface area contributed by atoms with Crippen LogP contribution in [-0.4, -0.2) is 22.8 Å². The van der Waals surface area contributed by atoms with Gasteiger partial charge in [-0.1, -0.05) is 11.6 Å². The molecule has 2 rings (SSSR count). The molecule has 0 amide bonds. The molecule has 0 aromatic carbocycles. The second-order valence-electron chi connectivity index (χ2n) is 3.53. The van der Waals surface area contributed by atoms with E-state index in [1.807, 2.05) is 0 Å². The van der Waals surface area contributed by atoms with E-state index in [-0.39, 0.29) is 10.6 Å². The van der Waals surface area contributed by atoms with Gasteiger partial charge >= 0.3 is 0 Å². The zero-order valence-corrected chi connectivity index (χ0v) is 8.47. The lowest BCUT2D eigenvalue weighted by Gasteiger charge is -2.08. The number of aromatic amines is 1. The van der Waals surface area contributed by atoms with Gasteiger partial charge in [0.15, 0.2) is 0 Å². The standard InChI is InChI=1S/C9H12ClN3O/c10-8-5-7(12-13-9(8)14)4-6-2-1-3-11-6/h5-6,11H,1-4H2,(H,13,14). The Kier molecular flexibility index (Phi) is 2.84. The van der Waals surface area contributed by atoms with Gasteiger partial charge in [-0.3, -0.25) is 4.79 Å². The summed E-state index contributed by atoms with van der Waals surface area (Å²) in [4.78, 5) is 10.9. The molecule has 1 saturated heterocycles. The molecular formula is C9H12ClN3O. The third-order valence-corrected chi connectivity index (χ3v) is 2.71. The van der Waals surface area contributed by atoms with Gasteiger partial charge in [-0.25, -0.2) is 5.10 Å². The monoisotopic (exact) mass is 213 g/mol. The summed E-state index contributed by atoms with van der Waals surface area (Å²) in [6.07, 6.45) is 3.21. The first-order valence-corrected chi connectivity index (χ1v) is 5.11. The van der Waals surface area contributed by atoms with Crippen molar-refractivity contribution in [3.8, 4) is 0 Å². The number of H-pyrrole nitrogens is 1. The molecule has 1 aliphatic heterocycles. The maximum absolute atomic E-state index is 10.9. The van der Waals surface area contributed by atoms with Crippen molar-refractivity contribution in [2.45, 2.75) is 25.3 Å². The molecule has 2 N–H and O–H groups in total. The summed E-state index contributed by atoms with van der Waals surface area (Å²) >= 11 is 5.70. The Balaban J connectivity index is 2.09. The van der Waals surface area contributed by atoms with Crippen molar-refractivity contribution in [1.82, 2.24) is 15.5 Å². The number of nitrogens with zero attached hydrogens (tertiary/aromatic N) is 1. The molecule has 1 atom stereocenters. The van der Waals surface area contributed by atoms with E-state index in [4.69, 9.17) is 11.6 Å². The Morgan fingerprint density at radius 2 is 2.50 bits per heavy atom. The lowest BCUT2D eigenvalue weighted by molar-refractivity contribution is 0.590. The van der Waals surface area contributed by atoms with Gasteiger partial charge < -0.3 is 5.32 Å². The molecule has 0 saturated carbocycles. The van der Waals surface area contributed by atoms with Crippen LogP contribution in [0.15, 0.2) is 10.9 Å². The summed E-state index contributed by atoms with van der Waals surface area (Å²) in [6.45, 7) is 1.07. The lowest BCUT2D eigenvalue weighted by Crippen LogP contribution is -2.25. The van der Waals surface area contributed by atoms with Crippen LogP contribution in [-0.2, 0) is 6.42 Å². The van der Waals surface area contributed by atoms with E-state index in [2.05, 4.69) is 15.5 Å². The van der Waals surface area contributed by atoms with Crippen molar-refractivity contribution in [3.05, 3.63) is 27.1 Å². The molecule has 0 spiro atoms. The maximum Gasteiger partial charge on any atom is 0.282 e. The molecule has 0 aliphatic carbocycles. The fourth-order valence-electron chi connectivity index (χ4n) is 1.71. The summed E-state index contributed by atoms with van der Waals surface area (Å²) in [7, 11) is 0. The van der Waals surface area contributed by atoms with Crippen LogP contribution in [0.5, 0.6) is 0 Å². The highest BCUT2D eigenvalue weighted by atomic mass is 35.5. The summed E-state index contributed by atoms with van der Waals surface area (Å²) in [6, 6.07) is 2.12. The van der Waals surface area contributed by atoms with Crippen LogP contribution in [0.25, 0.3) is 0 Å². The number of hydrogen-bond acceptors (Lipinski definition) is 3. The minimum absolute atomic E-state index is 0.216. The number of hydrogen-bond donors (Lipinski definition) is 2. The van der Waals surface area contributed by atoms with E-state index < -0.39 is 0 Å². The summed E-state index contributed by atoms with van der Waals surface area (Å²) in [5.74, 6) is 0. The number of aromatic nitrogens is 2. The predicted octanol–water partition coefficient (Wildman–Crippen LogP) is 0.718. The van der Waals surface area contributed by atoms with Gasteiger partial charge in [0.2, 0.25) is 0 Å². The summed E-state index contributed by atoms with van der Waals surface area (Å²) in [5.41, 5.74) is 0.517. The first-order chi connectivity index (χ1) is 6.75. The minimum Gasteiger partial charge on any atom is -0.314 e. The van der Waals surface area contributed by atoms with Crippen LogP contribution in [0.4, 0.5) is 0 Å². The second-order valence-corrected chi connectivity index (χ2v) is 3.94. The molecule has 0 bridgehead atoms. The SMILES string of the molecule is O=c1[nH]nc(CC2CCCN2)cc1Cl. The van der Waals surface area contributed by atoms with E-state index in [1.165, 1.54) is 12.8 Å². The number of nitrogens with one attached hydrogen (secondary N) is 2. The van der Waals surface area contributed by atoms with Crippen molar-refractivity contribution in [1.29, 1.82) is 0 Å². The Morgan fingerprint density at radius 3 is 3.14 bits per heavy atom. The molecule has 0 radical (unpaired) electrons. The molecule has 1 aromatic rings. The van der Waals surface area contributed by atoms with Crippen LogP contribution in [0.1, 0.15) is 18.5 Å². The molecule has 1 aliphatic rings. The van der Waals surface area contributed by atoms with E-state index in [9.17, 15) is 4.79 Å². The van der Waals surface area contributed by atoms with Gasteiger partial charge in [0.1, 0.15) is 5.02 Å². The van der Waals surface area contributed by atoms with Crippen molar-refractivity contribution in [2.24, 2.45) is 0 Å². The zero-order chi connectivity index (χ0) is 9.97. The molecule has 1 aromatic heterocycles. The van der Waals surface area contributed by atoms with Crippen LogP contribution >= 0.6 is 11.6 Å². The second kappa shape index (κ2) is 4.11. The van der Waals surface area contributed by atoms with Gasteiger partial charge in [0, 0.05) is 12.5 Å². The Bertz CT molecular complexity index is 371. The number of halogens is 1. The van der Waals surface area contributed by atoms with Gasteiger partial charge in [0.25, 0.3) is 5.56 Å². The van der Waals surface area contributed by atoms with E-state index in [0.717, 1.165) is 18.7 Å². The Labute approximate surface area is 86.7 Å². The topological polar surface area (TPSA) is 57.8 Å². The third kappa shape index (κ3) is 2.13. The van der Waals surface area contributed by atoms with Crippen molar-refractivity contribution in [3.63, 3.8) is 0 Å². The smallest absolute Gasteiger partial charge is 0.282 e. The predicted molar refractivity (Wildman–Crippen MR) is 54.6 cm³/mol. The highest BCUT2D eigenvalue weighted by Crippen LogP contribution is 2.11. The van der Waals surface area contributed by atoms with Crippen LogP contribution < -0.4 is 10.9 Å². The average Bonchev–Trinajstić information content (AvgIpc) is 2.64. The van der Waals surface area contributed by atoms with Gasteiger partial charge in [-0.15, -0.1) is 0 Å². The first-order valence-electron chi connectivity index (χ1n) is 4.73. The molecule has 1 unspecified atom stereocenters. The van der Waals surface area contributed by atoms with E-state index >= 15 is 0 Å². The molecular weight excluding hydrogens is 202 g/mol. The molecule has 1 fully saturated rings. The molecule has 14 heavy (non-hydrogen) atoms. The fourth-order valence-corrected chi connectivity index (χ4v) is 1.88. The summed E-state index contributed by atoms with van der Waals surface area (Å²) in [5, 5.41) is 9.90. The maximum atomic E-state index is 10.9. The quantitative estimate of drug-likeness (QED) is 0.761. The largest absolute Gasteiger partial charge is 0.314 e. The van der Waals surface area contributed by atoms with E-state index in [0.29, 0.717) is 6.04 Å². The molecule has 2 heterocycles. The normalized spacial score (nSPS) is 21.4. The highest BCUT2D eigenvalue weighted by molar-refractivity contribution is 6.30. The molecule has 4 nitrogen and oxygen atoms in total. The minimum atomic E-state index is -0.324. The van der Waals surface area contributed by atoms with Crippen molar-refractivity contribution in [2.75, 3.05) is 6.54 Å². The van der Waals surface area contributed by atoms with Gasteiger partial charge in [-0.05, 0) is 25.5 Å². The van der Waals surface area contributed by atoms with Crippen LogP contribution in [0.2, 0.25) is 5.02 Å². The highest BCUT2D eigenvalue weighted by Gasteiger charge is 2.15. The van der Waals surface area contributed by atoms with Crippen LogP contribution in [0.3, 0.4) is 0 Å². The van der Waals surface area contributed by atoms with E-state index in [1.54, 1.807) is 6.07 Å². The Hall–Kier alpha value is -0.870.